The van der Waals surface area contributed by atoms with Gasteiger partial charge in [-0.3, -0.25) is 5.32 Å². The van der Waals surface area contributed by atoms with Gasteiger partial charge in [0.15, 0.2) is 6.10 Å². The number of ether oxygens (including phenoxy) is 3. The highest BCUT2D eigenvalue weighted by Crippen LogP contribution is 2.34. The fourth-order valence-corrected chi connectivity index (χ4v) is 3.91. The number of hydrogen-bond donors (Lipinski definition) is 3. The summed E-state index contributed by atoms with van der Waals surface area (Å²) in [5.74, 6) is -0.576. The SMILES string of the molecule is CCO[C@@H](CC/C=C/C(=O)O)[C@@H](OC(=O)Nc1cccc2ccccc12)c1ccccc1OCCO. The first-order chi connectivity index (χ1) is 17.5. The summed E-state index contributed by atoms with van der Waals surface area (Å²) in [6.45, 7) is 2.10. The second-order valence-electron chi connectivity index (χ2n) is 7.90. The number of amides is 1. The molecule has 0 aliphatic heterocycles. The predicted molar refractivity (Wildman–Crippen MR) is 137 cm³/mol. The van der Waals surface area contributed by atoms with Crippen LogP contribution in [-0.2, 0) is 14.3 Å². The molecule has 3 rings (SSSR count). The van der Waals surface area contributed by atoms with E-state index in [0.717, 1.165) is 16.8 Å². The van der Waals surface area contributed by atoms with Gasteiger partial charge in [-0.05, 0) is 37.3 Å². The molecule has 3 aromatic rings. The van der Waals surface area contributed by atoms with E-state index in [1.807, 2.05) is 43.3 Å². The highest BCUT2D eigenvalue weighted by atomic mass is 16.6. The van der Waals surface area contributed by atoms with Gasteiger partial charge in [-0.2, -0.15) is 0 Å². The van der Waals surface area contributed by atoms with Gasteiger partial charge in [0.25, 0.3) is 0 Å². The minimum absolute atomic E-state index is 0.0760. The van der Waals surface area contributed by atoms with Crippen LogP contribution in [0, 0.1) is 0 Å². The number of carbonyl (C=O) groups excluding carboxylic acids is 1. The van der Waals surface area contributed by atoms with Crippen molar-refractivity contribution >= 4 is 28.5 Å². The highest BCUT2D eigenvalue weighted by Gasteiger charge is 2.30. The van der Waals surface area contributed by atoms with Gasteiger partial charge in [-0.15, -0.1) is 0 Å². The molecule has 0 aromatic heterocycles. The molecule has 0 bridgehead atoms. The molecule has 0 aliphatic rings. The van der Waals surface area contributed by atoms with Gasteiger partial charge in [0.2, 0.25) is 0 Å². The van der Waals surface area contributed by atoms with Crippen LogP contribution in [0.5, 0.6) is 5.75 Å². The molecule has 0 saturated carbocycles. The third-order valence-corrected chi connectivity index (χ3v) is 5.43. The molecule has 190 valence electrons. The molecule has 0 fully saturated rings. The zero-order valence-electron chi connectivity index (χ0n) is 20.1. The number of fused-ring (bicyclic) bond motifs is 1. The van der Waals surface area contributed by atoms with E-state index in [2.05, 4.69) is 5.32 Å². The molecule has 36 heavy (non-hydrogen) atoms. The lowest BCUT2D eigenvalue weighted by Gasteiger charge is -2.28. The number of aliphatic hydroxyl groups excluding tert-OH is 1. The topological polar surface area (TPSA) is 114 Å². The molecule has 1 amide bonds. The zero-order valence-corrected chi connectivity index (χ0v) is 20.1. The Balaban J connectivity index is 1.89. The van der Waals surface area contributed by atoms with E-state index >= 15 is 0 Å². The van der Waals surface area contributed by atoms with E-state index in [4.69, 9.17) is 19.3 Å². The number of para-hydroxylation sites is 1. The Morgan fingerprint density at radius 2 is 1.78 bits per heavy atom. The minimum Gasteiger partial charge on any atom is -0.491 e. The van der Waals surface area contributed by atoms with Crippen molar-refractivity contribution < 1.29 is 34.0 Å². The number of allylic oxidation sites excluding steroid dienone is 1. The van der Waals surface area contributed by atoms with Crippen molar-refractivity contribution in [1.82, 2.24) is 0 Å². The number of nitrogens with one attached hydrogen (secondary N) is 1. The normalized spacial score (nSPS) is 12.8. The van der Waals surface area contributed by atoms with Gasteiger partial charge in [0.1, 0.15) is 12.4 Å². The first-order valence-electron chi connectivity index (χ1n) is 11.8. The average Bonchev–Trinajstić information content (AvgIpc) is 2.88. The van der Waals surface area contributed by atoms with Gasteiger partial charge < -0.3 is 24.4 Å². The molecule has 8 nitrogen and oxygen atoms in total. The molecule has 0 radical (unpaired) electrons. The lowest BCUT2D eigenvalue weighted by Crippen LogP contribution is -2.29. The number of carbonyl (C=O) groups is 2. The molecular weight excluding hydrogens is 462 g/mol. The summed E-state index contributed by atoms with van der Waals surface area (Å²) < 4.78 is 17.6. The van der Waals surface area contributed by atoms with Crippen LogP contribution in [0.15, 0.2) is 78.9 Å². The minimum atomic E-state index is -1.03. The summed E-state index contributed by atoms with van der Waals surface area (Å²) in [5.41, 5.74) is 1.19. The van der Waals surface area contributed by atoms with E-state index in [9.17, 15) is 14.7 Å². The van der Waals surface area contributed by atoms with Crippen LogP contribution in [0.2, 0.25) is 0 Å². The van der Waals surface area contributed by atoms with Crippen LogP contribution in [0.1, 0.15) is 31.4 Å². The molecule has 0 aliphatic carbocycles. The number of carboxylic acid groups (broad SMARTS) is 1. The van der Waals surface area contributed by atoms with E-state index in [-0.39, 0.29) is 13.2 Å². The Kier molecular flexibility index (Phi) is 10.3. The first kappa shape index (κ1) is 26.7. The summed E-state index contributed by atoms with van der Waals surface area (Å²) >= 11 is 0. The Hall–Kier alpha value is -3.88. The highest BCUT2D eigenvalue weighted by molar-refractivity contribution is 6.00. The number of hydrogen-bond acceptors (Lipinski definition) is 6. The molecule has 2 atom stereocenters. The van der Waals surface area contributed by atoms with E-state index in [1.165, 1.54) is 6.08 Å². The second-order valence-corrected chi connectivity index (χ2v) is 7.90. The summed E-state index contributed by atoms with van der Waals surface area (Å²) in [5, 5.41) is 22.8. The summed E-state index contributed by atoms with van der Waals surface area (Å²) in [4.78, 5) is 24.0. The first-order valence-corrected chi connectivity index (χ1v) is 11.8. The van der Waals surface area contributed by atoms with Crippen molar-refractivity contribution in [2.45, 2.75) is 32.0 Å². The van der Waals surface area contributed by atoms with Crippen molar-refractivity contribution in [2.24, 2.45) is 0 Å². The molecule has 0 saturated heterocycles. The Morgan fingerprint density at radius 3 is 2.56 bits per heavy atom. The Morgan fingerprint density at radius 1 is 1.03 bits per heavy atom. The summed E-state index contributed by atoms with van der Waals surface area (Å²) in [6, 6.07) is 20.4. The van der Waals surface area contributed by atoms with Crippen LogP contribution in [-0.4, -0.2) is 48.2 Å². The van der Waals surface area contributed by atoms with Gasteiger partial charge in [0.05, 0.1) is 18.4 Å². The number of aliphatic hydroxyl groups is 1. The van der Waals surface area contributed by atoms with E-state index in [0.29, 0.717) is 36.4 Å². The fraction of sp³-hybridized carbons (Fsp3) is 0.286. The van der Waals surface area contributed by atoms with Crippen molar-refractivity contribution in [2.75, 3.05) is 25.1 Å². The van der Waals surface area contributed by atoms with E-state index < -0.39 is 24.3 Å². The van der Waals surface area contributed by atoms with Crippen molar-refractivity contribution in [3.8, 4) is 5.75 Å². The number of aliphatic carboxylic acids is 1. The number of carboxylic acids is 1. The summed E-state index contributed by atoms with van der Waals surface area (Å²) in [7, 11) is 0. The standard InChI is InChI=1S/C28H31NO7/c1-2-34-25(16-7-8-17-26(31)32)27(22-13-5-6-15-24(22)35-19-18-30)36-28(33)29-23-14-9-11-20-10-3-4-12-21(20)23/h3-6,8-15,17,25,27,30H,2,7,16,18-19H2,1H3,(H,29,33)(H,31,32)/b17-8+/t25-,27-/m0/s1. The molecule has 0 heterocycles. The van der Waals surface area contributed by atoms with Crippen LogP contribution in [0.4, 0.5) is 10.5 Å². The maximum atomic E-state index is 13.1. The number of benzene rings is 3. The molecule has 0 unspecified atom stereocenters. The van der Waals surface area contributed by atoms with Gasteiger partial charge in [-0.1, -0.05) is 60.7 Å². The van der Waals surface area contributed by atoms with Crippen LogP contribution >= 0.6 is 0 Å². The number of rotatable bonds is 13. The van der Waals surface area contributed by atoms with E-state index in [1.54, 1.807) is 30.3 Å². The van der Waals surface area contributed by atoms with Crippen LogP contribution in [0.25, 0.3) is 10.8 Å². The molecule has 8 heteroatoms. The predicted octanol–water partition coefficient (Wildman–Crippen LogP) is 5.33. The third kappa shape index (κ3) is 7.56. The molecule has 3 N–H and O–H groups in total. The van der Waals surface area contributed by atoms with Gasteiger partial charge >= 0.3 is 12.1 Å². The monoisotopic (exact) mass is 493 g/mol. The van der Waals surface area contributed by atoms with Crippen molar-refractivity contribution in [3.63, 3.8) is 0 Å². The lowest BCUT2D eigenvalue weighted by atomic mass is 9.99. The van der Waals surface area contributed by atoms with Crippen LogP contribution < -0.4 is 10.1 Å². The Bertz CT molecular complexity index is 1170. The quantitative estimate of drug-likeness (QED) is 0.276. The molecule has 3 aromatic carbocycles. The maximum Gasteiger partial charge on any atom is 0.412 e. The van der Waals surface area contributed by atoms with Gasteiger partial charge in [0, 0.05) is 23.6 Å². The molecular formula is C28H31NO7. The average molecular weight is 494 g/mol. The van der Waals surface area contributed by atoms with Gasteiger partial charge in [-0.25, -0.2) is 9.59 Å². The third-order valence-electron chi connectivity index (χ3n) is 5.43. The number of anilines is 1. The maximum absolute atomic E-state index is 13.1. The lowest BCUT2D eigenvalue weighted by molar-refractivity contribution is -0.131. The fourth-order valence-electron chi connectivity index (χ4n) is 3.91. The molecule has 0 spiro atoms. The second kappa shape index (κ2) is 13.9. The largest absolute Gasteiger partial charge is 0.491 e. The zero-order chi connectivity index (χ0) is 25.8. The van der Waals surface area contributed by atoms with Crippen molar-refractivity contribution in [3.05, 3.63) is 84.4 Å². The smallest absolute Gasteiger partial charge is 0.412 e. The van der Waals surface area contributed by atoms with Crippen molar-refractivity contribution in [1.29, 1.82) is 0 Å². The Labute approximate surface area is 210 Å². The van der Waals surface area contributed by atoms with Crippen LogP contribution in [0.3, 0.4) is 0 Å². The summed E-state index contributed by atoms with van der Waals surface area (Å²) in [6.07, 6.45) is 1.32.